The van der Waals surface area contributed by atoms with Crippen LogP contribution in [0.4, 0.5) is 5.69 Å². The average Bonchev–Trinajstić information content (AvgIpc) is 2.76. The van der Waals surface area contributed by atoms with Gasteiger partial charge in [0, 0.05) is 8.95 Å². The molecule has 3 rings (SSSR count). The smallest absolute Gasteiger partial charge is 0.0724 e. The van der Waals surface area contributed by atoms with Crippen LogP contribution in [-0.4, -0.2) is 0 Å². The van der Waals surface area contributed by atoms with E-state index in [0.29, 0.717) is 10.0 Å². The molecular formula is C15H11Br2Cl2N. The second-order valence-electron chi connectivity index (χ2n) is 4.82. The van der Waals surface area contributed by atoms with Gasteiger partial charge in [-0.05, 0) is 48.2 Å². The summed E-state index contributed by atoms with van der Waals surface area (Å²) in [5.74, 6) is 0. The Morgan fingerprint density at radius 3 is 2.40 bits per heavy atom. The van der Waals surface area contributed by atoms with E-state index in [-0.39, 0.29) is 6.04 Å². The minimum Gasteiger partial charge on any atom is -0.376 e. The summed E-state index contributed by atoms with van der Waals surface area (Å²) in [4.78, 5) is 0. The van der Waals surface area contributed by atoms with Crippen molar-refractivity contribution in [1.29, 1.82) is 0 Å². The first-order valence-electron chi connectivity index (χ1n) is 6.24. The first-order valence-corrected chi connectivity index (χ1v) is 8.58. The summed E-state index contributed by atoms with van der Waals surface area (Å²) in [5.41, 5.74) is 3.50. The normalized spacial score (nSPS) is 17.1. The molecule has 0 fully saturated rings. The summed E-state index contributed by atoms with van der Waals surface area (Å²) in [6.45, 7) is 0. The van der Waals surface area contributed by atoms with Crippen LogP contribution < -0.4 is 5.32 Å². The molecule has 1 N–H and O–H groups in total. The number of anilines is 1. The number of rotatable bonds is 2. The molecule has 1 nitrogen and oxygen atoms in total. The Kier molecular flexibility index (Phi) is 4.32. The summed E-state index contributed by atoms with van der Waals surface area (Å²) in [5, 5.41) is 4.75. The van der Waals surface area contributed by atoms with Crippen molar-refractivity contribution in [1.82, 2.24) is 0 Å². The Balaban J connectivity index is 1.91. The lowest BCUT2D eigenvalue weighted by Crippen LogP contribution is -2.08. The van der Waals surface area contributed by atoms with Crippen molar-refractivity contribution >= 4 is 60.7 Å². The SMILES string of the molecule is Clc1cc(Br)cc(Cl)c1NC1CCc2cc(Br)ccc21. The molecule has 2 aromatic carbocycles. The molecule has 0 bridgehead atoms. The van der Waals surface area contributed by atoms with Gasteiger partial charge in [-0.3, -0.25) is 0 Å². The fourth-order valence-electron chi connectivity index (χ4n) is 2.59. The molecule has 0 aromatic heterocycles. The maximum atomic E-state index is 6.28. The van der Waals surface area contributed by atoms with Crippen LogP contribution in [0, 0.1) is 0 Å². The zero-order chi connectivity index (χ0) is 14.3. The summed E-state index contributed by atoms with van der Waals surface area (Å²) in [6, 6.07) is 10.4. The first kappa shape index (κ1) is 14.7. The van der Waals surface area contributed by atoms with E-state index in [1.807, 2.05) is 12.1 Å². The second kappa shape index (κ2) is 5.88. The van der Waals surface area contributed by atoms with Gasteiger partial charge in [-0.15, -0.1) is 0 Å². The number of halogens is 4. The van der Waals surface area contributed by atoms with Crippen LogP contribution in [0.1, 0.15) is 23.6 Å². The highest BCUT2D eigenvalue weighted by Gasteiger charge is 2.23. The number of benzene rings is 2. The van der Waals surface area contributed by atoms with Crippen LogP contribution in [0.5, 0.6) is 0 Å². The van der Waals surface area contributed by atoms with Crippen molar-refractivity contribution in [3.8, 4) is 0 Å². The van der Waals surface area contributed by atoms with Gasteiger partial charge in [0.1, 0.15) is 0 Å². The third kappa shape index (κ3) is 2.87. The monoisotopic (exact) mass is 433 g/mol. The lowest BCUT2D eigenvalue weighted by Gasteiger charge is -2.18. The van der Waals surface area contributed by atoms with Gasteiger partial charge >= 0.3 is 0 Å². The zero-order valence-electron chi connectivity index (χ0n) is 10.4. The fourth-order valence-corrected chi connectivity index (χ4v) is 4.32. The van der Waals surface area contributed by atoms with Crippen molar-refractivity contribution < 1.29 is 0 Å². The molecule has 0 saturated carbocycles. The van der Waals surface area contributed by atoms with E-state index in [4.69, 9.17) is 23.2 Å². The highest BCUT2D eigenvalue weighted by molar-refractivity contribution is 9.10. The summed E-state index contributed by atoms with van der Waals surface area (Å²) in [6.07, 6.45) is 2.12. The topological polar surface area (TPSA) is 12.0 Å². The second-order valence-corrected chi connectivity index (χ2v) is 7.47. The number of aryl methyl sites for hydroxylation is 1. The van der Waals surface area contributed by atoms with E-state index in [2.05, 4.69) is 55.4 Å². The third-order valence-corrected chi connectivity index (χ3v) is 5.06. The molecule has 1 aliphatic carbocycles. The van der Waals surface area contributed by atoms with Crippen molar-refractivity contribution in [3.05, 3.63) is 60.4 Å². The highest BCUT2D eigenvalue weighted by atomic mass is 79.9. The number of hydrogen-bond acceptors (Lipinski definition) is 1. The van der Waals surface area contributed by atoms with Crippen LogP contribution in [-0.2, 0) is 6.42 Å². The molecule has 0 heterocycles. The first-order chi connectivity index (χ1) is 9.54. The van der Waals surface area contributed by atoms with E-state index >= 15 is 0 Å². The Morgan fingerprint density at radius 1 is 1.00 bits per heavy atom. The van der Waals surface area contributed by atoms with E-state index in [0.717, 1.165) is 27.5 Å². The van der Waals surface area contributed by atoms with Gasteiger partial charge in [-0.25, -0.2) is 0 Å². The van der Waals surface area contributed by atoms with Crippen molar-refractivity contribution in [3.63, 3.8) is 0 Å². The molecule has 2 aromatic rings. The summed E-state index contributed by atoms with van der Waals surface area (Å²) >= 11 is 19.5. The Bertz CT molecular complexity index is 650. The van der Waals surface area contributed by atoms with Gasteiger partial charge in [-0.2, -0.15) is 0 Å². The minimum absolute atomic E-state index is 0.259. The number of fused-ring (bicyclic) bond motifs is 1. The van der Waals surface area contributed by atoms with Crippen LogP contribution >= 0.6 is 55.1 Å². The van der Waals surface area contributed by atoms with Crippen molar-refractivity contribution in [2.75, 3.05) is 5.32 Å². The van der Waals surface area contributed by atoms with Crippen LogP contribution in [0.25, 0.3) is 0 Å². The highest BCUT2D eigenvalue weighted by Crippen LogP contribution is 2.40. The molecule has 0 saturated heterocycles. The molecule has 0 radical (unpaired) electrons. The van der Waals surface area contributed by atoms with E-state index < -0.39 is 0 Å². The quantitative estimate of drug-likeness (QED) is 0.559. The molecule has 1 aliphatic rings. The predicted octanol–water partition coefficient (Wildman–Crippen LogP) is 6.62. The number of nitrogens with one attached hydrogen (secondary N) is 1. The molecule has 1 atom stereocenters. The summed E-state index contributed by atoms with van der Waals surface area (Å²) in [7, 11) is 0. The lowest BCUT2D eigenvalue weighted by atomic mass is 10.1. The standard InChI is InChI=1S/C15H11Br2Cl2N/c16-9-2-3-11-8(5-9)1-4-14(11)20-15-12(18)6-10(17)7-13(15)19/h2-3,5-7,14,20H,1,4H2. The molecule has 0 amide bonds. The Labute approximate surface area is 144 Å². The molecule has 20 heavy (non-hydrogen) atoms. The Hall–Kier alpha value is -0.220. The fraction of sp³-hybridized carbons (Fsp3) is 0.200. The lowest BCUT2D eigenvalue weighted by molar-refractivity contribution is 0.762. The minimum atomic E-state index is 0.259. The number of hydrogen-bond donors (Lipinski definition) is 1. The van der Waals surface area contributed by atoms with Gasteiger partial charge in [0.05, 0.1) is 21.8 Å². The largest absolute Gasteiger partial charge is 0.376 e. The van der Waals surface area contributed by atoms with E-state index in [1.54, 1.807) is 0 Å². The molecular weight excluding hydrogens is 425 g/mol. The molecule has 104 valence electrons. The van der Waals surface area contributed by atoms with E-state index in [1.165, 1.54) is 11.1 Å². The zero-order valence-corrected chi connectivity index (χ0v) is 15.1. The molecule has 5 heteroatoms. The molecule has 1 unspecified atom stereocenters. The molecule has 0 aliphatic heterocycles. The predicted molar refractivity (Wildman–Crippen MR) is 93.0 cm³/mol. The van der Waals surface area contributed by atoms with Crippen LogP contribution in [0.15, 0.2) is 39.3 Å². The van der Waals surface area contributed by atoms with Crippen LogP contribution in [0.3, 0.4) is 0 Å². The van der Waals surface area contributed by atoms with Gasteiger partial charge < -0.3 is 5.32 Å². The summed E-state index contributed by atoms with van der Waals surface area (Å²) < 4.78 is 2.01. The van der Waals surface area contributed by atoms with Gasteiger partial charge in [-0.1, -0.05) is 61.1 Å². The molecule has 0 spiro atoms. The van der Waals surface area contributed by atoms with Crippen molar-refractivity contribution in [2.24, 2.45) is 0 Å². The van der Waals surface area contributed by atoms with Gasteiger partial charge in [0.2, 0.25) is 0 Å². The Morgan fingerprint density at radius 2 is 1.70 bits per heavy atom. The van der Waals surface area contributed by atoms with Crippen molar-refractivity contribution in [2.45, 2.75) is 18.9 Å². The third-order valence-electron chi connectivity index (χ3n) is 3.51. The maximum absolute atomic E-state index is 6.28. The van der Waals surface area contributed by atoms with Gasteiger partial charge in [0.15, 0.2) is 0 Å². The van der Waals surface area contributed by atoms with Gasteiger partial charge in [0.25, 0.3) is 0 Å². The maximum Gasteiger partial charge on any atom is 0.0724 e. The van der Waals surface area contributed by atoms with E-state index in [9.17, 15) is 0 Å². The average molecular weight is 436 g/mol. The van der Waals surface area contributed by atoms with Crippen LogP contribution in [0.2, 0.25) is 10.0 Å².